The first kappa shape index (κ1) is 19.1. The van der Waals surface area contributed by atoms with Crippen molar-refractivity contribution in [2.45, 2.75) is 6.92 Å². The number of para-hydroxylation sites is 1. The van der Waals surface area contributed by atoms with Crippen molar-refractivity contribution in [3.63, 3.8) is 0 Å². The first-order chi connectivity index (χ1) is 13.0. The lowest BCUT2D eigenvalue weighted by atomic mass is 10.1. The lowest BCUT2D eigenvalue weighted by Crippen LogP contribution is -2.14. The first-order valence-electron chi connectivity index (χ1n) is 8.34. The summed E-state index contributed by atoms with van der Waals surface area (Å²) in [6, 6.07) is 10.5. The van der Waals surface area contributed by atoms with Crippen LogP contribution in [0.5, 0.6) is 11.5 Å². The van der Waals surface area contributed by atoms with Gasteiger partial charge in [-0.1, -0.05) is 17.7 Å². The second-order valence-electron chi connectivity index (χ2n) is 5.83. The van der Waals surface area contributed by atoms with Gasteiger partial charge in [-0.2, -0.15) is 0 Å². The van der Waals surface area contributed by atoms with Gasteiger partial charge in [0, 0.05) is 18.1 Å². The quantitative estimate of drug-likeness (QED) is 0.594. The molecule has 0 saturated heterocycles. The van der Waals surface area contributed by atoms with Gasteiger partial charge >= 0.3 is 0 Å². The maximum absolute atomic E-state index is 12.8. The maximum atomic E-state index is 12.8. The van der Waals surface area contributed by atoms with Crippen LogP contribution >= 0.6 is 11.6 Å². The van der Waals surface area contributed by atoms with Gasteiger partial charge < -0.3 is 23.9 Å². The van der Waals surface area contributed by atoms with Crippen LogP contribution in [0.1, 0.15) is 16.1 Å². The zero-order chi connectivity index (χ0) is 19.4. The highest BCUT2D eigenvalue weighted by atomic mass is 35.5. The molecule has 1 aromatic heterocycles. The molecule has 7 heteroatoms. The average molecular weight is 390 g/mol. The van der Waals surface area contributed by atoms with Crippen LogP contribution in [0, 0.1) is 6.92 Å². The summed E-state index contributed by atoms with van der Waals surface area (Å²) in [5, 5.41) is 4.03. The average Bonchev–Trinajstić information content (AvgIpc) is 3.00. The van der Waals surface area contributed by atoms with Crippen LogP contribution in [0.4, 0.5) is 5.69 Å². The van der Waals surface area contributed by atoms with Crippen LogP contribution in [-0.2, 0) is 4.74 Å². The van der Waals surface area contributed by atoms with Crippen molar-refractivity contribution >= 4 is 34.2 Å². The molecule has 1 N–H and O–H groups in total. The van der Waals surface area contributed by atoms with Gasteiger partial charge in [0.2, 0.25) is 0 Å². The number of furan rings is 1. The van der Waals surface area contributed by atoms with E-state index in [1.54, 1.807) is 44.6 Å². The number of carbonyl (C=O) groups excluding carboxylic acids is 1. The van der Waals surface area contributed by atoms with E-state index >= 15 is 0 Å². The molecule has 142 valence electrons. The molecule has 0 unspecified atom stereocenters. The van der Waals surface area contributed by atoms with E-state index < -0.39 is 0 Å². The molecule has 0 radical (unpaired) electrons. The normalized spacial score (nSPS) is 10.8. The number of methoxy groups -OCH3 is 2. The molecule has 0 aliphatic carbocycles. The number of carbonyl (C=O) groups is 1. The van der Waals surface area contributed by atoms with Crippen LogP contribution in [-0.4, -0.2) is 33.3 Å². The molecular weight excluding hydrogens is 370 g/mol. The molecule has 0 spiro atoms. The molecule has 0 atom stereocenters. The van der Waals surface area contributed by atoms with Crippen LogP contribution in [0.2, 0.25) is 5.02 Å². The van der Waals surface area contributed by atoms with E-state index in [0.29, 0.717) is 41.0 Å². The Morgan fingerprint density at radius 2 is 2.00 bits per heavy atom. The zero-order valence-electron chi connectivity index (χ0n) is 15.3. The van der Waals surface area contributed by atoms with Crippen molar-refractivity contribution in [2.24, 2.45) is 0 Å². The van der Waals surface area contributed by atoms with Crippen LogP contribution in [0.3, 0.4) is 0 Å². The summed E-state index contributed by atoms with van der Waals surface area (Å²) in [6.45, 7) is 2.55. The molecule has 3 aromatic rings. The van der Waals surface area contributed by atoms with Gasteiger partial charge in [0.15, 0.2) is 11.5 Å². The molecule has 27 heavy (non-hydrogen) atoms. The predicted octanol–water partition coefficient (Wildman–Crippen LogP) is 4.68. The Bertz CT molecular complexity index is 966. The van der Waals surface area contributed by atoms with Crippen molar-refractivity contribution < 1.29 is 23.4 Å². The predicted molar refractivity (Wildman–Crippen MR) is 104 cm³/mol. The molecule has 6 nitrogen and oxygen atoms in total. The molecule has 0 aliphatic rings. The summed E-state index contributed by atoms with van der Waals surface area (Å²) >= 11 is 6.21. The van der Waals surface area contributed by atoms with Crippen molar-refractivity contribution in [3.05, 3.63) is 52.7 Å². The summed E-state index contributed by atoms with van der Waals surface area (Å²) in [6.07, 6.45) is 0. The van der Waals surface area contributed by atoms with Crippen LogP contribution < -0.4 is 14.8 Å². The minimum atomic E-state index is -0.387. The van der Waals surface area contributed by atoms with Gasteiger partial charge in [-0.15, -0.1) is 0 Å². The van der Waals surface area contributed by atoms with E-state index in [4.69, 9.17) is 30.2 Å². The van der Waals surface area contributed by atoms with E-state index in [-0.39, 0.29) is 11.7 Å². The molecule has 1 amide bonds. The minimum Gasteiger partial charge on any atom is -0.497 e. The monoisotopic (exact) mass is 389 g/mol. The smallest absolute Gasteiger partial charge is 0.291 e. The molecule has 1 heterocycles. The third-order valence-electron chi connectivity index (χ3n) is 4.10. The van der Waals surface area contributed by atoms with Gasteiger partial charge in [-0.25, -0.2) is 0 Å². The van der Waals surface area contributed by atoms with Crippen molar-refractivity contribution in [2.75, 3.05) is 32.8 Å². The van der Waals surface area contributed by atoms with E-state index in [1.165, 1.54) is 0 Å². The number of hydrogen-bond acceptors (Lipinski definition) is 5. The van der Waals surface area contributed by atoms with Gasteiger partial charge in [-0.05, 0) is 37.3 Å². The lowest BCUT2D eigenvalue weighted by Gasteiger charge is -2.13. The summed E-state index contributed by atoms with van der Waals surface area (Å²) in [5.74, 6) is 0.921. The highest BCUT2D eigenvalue weighted by molar-refractivity contribution is 6.32. The summed E-state index contributed by atoms with van der Waals surface area (Å²) < 4.78 is 21.6. The Kier molecular flexibility index (Phi) is 5.88. The lowest BCUT2D eigenvalue weighted by molar-refractivity contribution is 0.0997. The molecule has 0 bridgehead atoms. The van der Waals surface area contributed by atoms with Gasteiger partial charge in [0.1, 0.15) is 17.9 Å². The molecule has 0 fully saturated rings. The Morgan fingerprint density at radius 1 is 1.19 bits per heavy atom. The topological polar surface area (TPSA) is 69.9 Å². The van der Waals surface area contributed by atoms with Crippen LogP contribution in [0.15, 0.2) is 40.8 Å². The molecular formula is C20H20ClNO5. The number of hydrogen-bond donors (Lipinski definition) is 1. The van der Waals surface area contributed by atoms with Crippen molar-refractivity contribution in [1.29, 1.82) is 0 Å². The largest absolute Gasteiger partial charge is 0.497 e. The van der Waals surface area contributed by atoms with E-state index in [1.807, 2.05) is 13.0 Å². The number of amides is 1. The Hall–Kier alpha value is -2.70. The number of anilines is 1. The highest BCUT2D eigenvalue weighted by Gasteiger charge is 2.20. The number of nitrogens with one attached hydrogen (secondary N) is 1. The standard InChI is InChI=1S/C20H20ClNO5/c1-12-14-11-13(25-3)7-8-17(14)27-18(12)20(23)22-16-6-4-5-15(21)19(16)26-10-9-24-2/h4-8,11H,9-10H2,1-3H3,(H,22,23). The summed E-state index contributed by atoms with van der Waals surface area (Å²) in [4.78, 5) is 12.8. The van der Waals surface area contributed by atoms with E-state index in [9.17, 15) is 4.79 Å². The van der Waals surface area contributed by atoms with E-state index in [2.05, 4.69) is 5.32 Å². The number of benzene rings is 2. The van der Waals surface area contributed by atoms with Gasteiger partial charge in [0.05, 0.1) is 24.4 Å². The Labute approximate surface area is 162 Å². The fourth-order valence-corrected chi connectivity index (χ4v) is 2.93. The number of aryl methyl sites for hydroxylation is 1. The number of fused-ring (bicyclic) bond motifs is 1. The second-order valence-corrected chi connectivity index (χ2v) is 6.24. The molecule has 0 saturated carbocycles. The Balaban J connectivity index is 1.89. The number of halogens is 1. The third kappa shape index (κ3) is 4.02. The first-order valence-corrected chi connectivity index (χ1v) is 8.71. The number of ether oxygens (including phenoxy) is 3. The third-order valence-corrected chi connectivity index (χ3v) is 4.40. The molecule has 0 aliphatic heterocycles. The number of rotatable bonds is 7. The summed E-state index contributed by atoms with van der Waals surface area (Å²) in [7, 11) is 3.17. The van der Waals surface area contributed by atoms with Crippen molar-refractivity contribution in [3.8, 4) is 11.5 Å². The Morgan fingerprint density at radius 3 is 2.74 bits per heavy atom. The van der Waals surface area contributed by atoms with Crippen molar-refractivity contribution in [1.82, 2.24) is 0 Å². The zero-order valence-corrected chi connectivity index (χ0v) is 16.1. The second kappa shape index (κ2) is 8.33. The van der Waals surface area contributed by atoms with Gasteiger partial charge in [-0.3, -0.25) is 4.79 Å². The van der Waals surface area contributed by atoms with Gasteiger partial charge in [0.25, 0.3) is 5.91 Å². The van der Waals surface area contributed by atoms with E-state index in [0.717, 1.165) is 10.9 Å². The fourth-order valence-electron chi connectivity index (χ4n) is 2.70. The SMILES string of the molecule is COCCOc1c(Cl)cccc1NC(=O)c1oc2ccc(OC)cc2c1C. The fraction of sp³-hybridized carbons (Fsp3) is 0.250. The maximum Gasteiger partial charge on any atom is 0.291 e. The van der Waals surface area contributed by atoms with Crippen LogP contribution in [0.25, 0.3) is 11.0 Å². The summed E-state index contributed by atoms with van der Waals surface area (Å²) in [5.41, 5.74) is 1.80. The highest BCUT2D eigenvalue weighted by Crippen LogP contribution is 2.34. The molecule has 2 aromatic carbocycles. The molecule has 3 rings (SSSR count). The minimum absolute atomic E-state index is 0.223.